The number of esters is 1. The first kappa shape index (κ1) is 15.5. The third-order valence-electron chi connectivity index (χ3n) is 3.46. The second-order valence-electron chi connectivity index (χ2n) is 5.26. The molecule has 0 saturated carbocycles. The average molecular weight is 326 g/mol. The minimum atomic E-state index is -0.294. The lowest BCUT2D eigenvalue weighted by atomic mass is 10.1. The number of ether oxygens (including phenoxy) is 1. The molecule has 0 amide bonds. The summed E-state index contributed by atoms with van der Waals surface area (Å²) in [7, 11) is 0. The number of benzene rings is 2. The van der Waals surface area contributed by atoms with Crippen molar-refractivity contribution in [3.05, 3.63) is 59.2 Å². The number of hydrogen-bond donors (Lipinski definition) is 1. The van der Waals surface area contributed by atoms with Crippen LogP contribution in [0.25, 0.3) is 10.2 Å². The van der Waals surface area contributed by atoms with Crippen molar-refractivity contribution >= 4 is 32.7 Å². The van der Waals surface area contributed by atoms with Gasteiger partial charge in [0.05, 0.1) is 22.4 Å². The van der Waals surface area contributed by atoms with Gasteiger partial charge in [-0.1, -0.05) is 41.2 Å². The van der Waals surface area contributed by atoms with Gasteiger partial charge >= 0.3 is 5.97 Å². The molecule has 0 aliphatic heterocycles. The molecule has 0 aliphatic carbocycles. The summed E-state index contributed by atoms with van der Waals surface area (Å²) < 4.78 is 6.00. The maximum absolute atomic E-state index is 11.8. The first-order valence-electron chi connectivity index (χ1n) is 7.53. The summed E-state index contributed by atoms with van der Waals surface area (Å²) in [5, 5.41) is 4.18. The van der Waals surface area contributed by atoms with Crippen LogP contribution >= 0.6 is 11.3 Å². The van der Waals surface area contributed by atoms with E-state index in [0.717, 1.165) is 21.9 Å². The van der Waals surface area contributed by atoms with E-state index in [1.54, 1.807) is 13.0 Å². The number of thiazole rings is 1. The van der Waals surface area contributed by atoms with Crippen molar-refractivity contribution in [3.63, 3.8) is 0 Å². The molecule has 1 N–H and O–H groups in total. The Kier molecular flexibility index (Phi) is 4.57. The standard InChI is InChI=1S/C18H18N2O2S/c1-3-22-17(21)14-8-9-15-16(10-14)23-18(20-15)19-11-13-6-4-12(2)5-7-13/h4-10H,3,11H2,1-2H3,(H,19,20). The van der Waals surface area contributed by atoms with Crippen LogP contribution in [0, 0.1) is 6.92 Å². The minimum Gasteiger partial charge on any atom is -0.462 e. The summed E-state index contributed by atoms with van der Waals surface area (Å²) in [4.78, 5) is 16.3. The summed E-state index contributed by atoms with van der Waals surface area (Å²) in [5.74, 6) is -0.294. The lowest BCUT2D eigenvalue weighted by Gasteiger charge is -2.02. The number of anilines is 1. The Morgan fingerprint density at radius 1 is 1.22 bits per heavy atom. The molecule has 0 fully saturated rings. The highest BCUT2D eigenvalue weighted by molar-refractivity contribution is 7.22. The van der Waals surface area contributed by atoms with Gasteiger partial charge in [-0.05, 0) is 37.6 Å². The highest BCUT2D eigenvalue weighted by Crippen LogP contribution is 2.27. The Hall–Kier alpha value is -2.40. The highest BCUT2D eigenvalue weighted by atomic mass is 32.1. The monoisotopic (exact) mass is 326 g/mol. The summed E-state index contributed by atoms with van der Waals surface area (Å²) >= 11 is 1.54. The first-order chi connectivity index (χ1) is 11.2. The third-order valence-corrected chi connectivity index (χ3v) is 4.44. The lowest BCUT2D eigenvalue weighted by Crippen LogP contribution is -2.03. The molecule has 0 aliphatic rings. The van der Waals surface area contributed by atoms with Crippen molar-refractivity contribution in [3.8, 4) is 0 Å². The van der Waals surface area contributed by atoms with Crippen LogP contribution in [0.1, 0.15) is 28.4 Å². The molecule has 2 aromatic carbocycles. The molecule has 1 aromatic heterocycles. The zero-order valence-electron chi connectivity index (χ0n) is 13.1. The molecule has 0 atom stereocenters. The van der Waals surface area contributed by atoms with E-state index in [0.29, 0.717) is 12.2 Å². The molecule has 0 radical (unpaired) electrons. The van der Waals surface area contributed by atoms with Crippen LogP contribution in [0.5, 0.6) is 0 Å². The molecule has 0 spiro atoms. The fourth-order valence-electron chi connectivity index (χ4n) is 2.23. The number of aryl methyl sites for hydroxylation is 1. The topological polar surface area (TPSA) is 51.2 Å². The molecular formula is C18H18N2O2S. The maximum atomic E-state index is 11.8. The van der Waals surface area contributed by atoms with Gasteiger partial charge in [0.1, 0.15) is 0 Å². The van der Waals surface area contributed by atoms with E-state index in [4.69, 9.17) is 4.74 Å². The maximum Gasteiger partial charge on any atom is 0.338 e. The average Bonchev–Trinajstić information content (AvgIpc) is 2.96. The molecule has 0 bridgehead atoms. The Labute approximate surface area is 139 Å². The van der Waals surface area contributed by atoms with Gasteiger partial charge in [0.15, 0.2) is 5.13 Å². The van der Waals surface area contributed by atoms with Crippen molar-refractivity contribution in [2.45, 2.75) is 20.4 Å². The molecule has 23 heavy (non-hydrogen) atoms. The van der Waals surface area contributed by atoms with E-state index in [9.17, 15) is 4.79 Å². The smallest absolute Gasteiger partial charge is 0.338 e. The van der Waals surface area contributed by atoms with Crippen LogP contribution in [0.3, 0.4) is 0 Å². The first-order valence-corrected chi connectivity index (χ1v) is 8.34. The molecular weight excluding hydrogens is 308 g/mol. The number of carbonyl (C=O) groups is 1. The fourth-order valence-corrected chi connectivity index (χ4v) is 3.13. The number of fused-ring (bicyclic) bond motifs is 1. The van der Waals surface area contributed by atoms with Crippen molar-refractivity contribution in [2.24, 2.45) is 0 Å². The normalized spacial score (nSPS) is 10.7. The largest absolute Gasteiger partial charge is 0.462 e. The van der Waals surface area contributed by atoms with E-state index < -0.39 is 0 Å². The van der Waals surface area contributed by atoms with Crippen molar-refractivity contribution < 1.29 is 9.53 Å². The van der Waals surface area contributed by atoms with Gasteiger partial charge in [0, 0.05) is 6.54 Å². The third kappa shape index (κ3) is 3.68. The number of hydrogen-bond acceptors (Lipinski definition) is 5. The molecule has 3 aromatic rings. The quantitative estimate of drug-likeness (QED) is 0.706. The van der Waals surface area contributed by atoms with Gasteiger partial charge in [-0.15, -0.1) is 0 Å². The molecule has 4 nitrogen and oxygen atoms in total. The number of aromatic nitrogens is 1. The number of nitrogens with zero attached hydrogens (tertiary/aromatic N) is 1. The van der Waals surface area contributed by atoms with Crippen LogP contribution in [0.2, 0.25) is 0 Å². The Balaban J connectivity index is 1.74. The lowest BCUT2D eigenvalue weighted by molar-refractivity contribution is 0.0526. The predicted octanol–water partition coefficient (Wildman–Crippen LogP) is 4.39. The van der Waals surface area contributed by atoms with E-state index in [2.05, 4.69) is 41.5 Å². The van der Waals surface area contributed by atoms with Gasteiger partial charge < -0.3 is 10.1 Å². The second-order valence-corrected chi connectivity index (χ2v) is 6.29. The van der Waals surface area contributed by atoms with Crippen molar-refractivity contribution in [2.75, 3.05) is 11.9 Å². The van der Waals surface area contributed by atoms with Gasteiger partial charge in [-0.2, -0.15) is 0 Å². The highest BCUT2D eigenvalue weighted by Gasteiger charge is 2.10. The molecule has 0 unspecified atom stereocenters. The summed E-state index contributed by atoms with van der Waals surface area (Å²) in [5.41, 5.74) is 3.91. The van der Waals surface area contributed by atoms with Crippen LogP contribution in [-0.4, -0.2) is 17.6 Å². The van der Waals surface area contributed by atoms with Crippen LogP contribution in [0.4, 0.5) is 5.13 Å². The molecule has 0 saturated heterocycles. The minimum absolute atomic E-state index is 0.294. The van der Waals surface area contributed by atoms with E-state index in [1.807, 2.05) is 12.1 Å². The SMILES string of the molecule is CCOC(=O)c1ccc2nc(NCc3ccc(C)cc3)sc2c1. The molecule has 118 valence electrons. The van der Waals surface area contributed by atoms with Gasteiger partial charge in [-0.3, -0.25) is 0 Å². The van der Waals surface area contributed by atoms with E-state index >= 15 is 0 Å². The molecule has 5 heteroatoms. The zero-order valence-corrected chi connectivity index (χ0v) is 13.9. The van der Waals surface area contributed by atoms with Crippen LogP contribution < -0.4 is 5.32 Å². The van der Waals surface area contributed by atoms with E-state index in [1.165, 1.54) is 22.5 Å². The van der Waals surface area contributed by atoms with Crippen molar-refractivity contribution in [1.29, 1.82) is 0 Å². The zero-order chi connectivity index (χ0) is 16.2. The summed E-state index contributed by atoms with van der Waals surface area (Å²) in [6.45, 7) is 4.98. The van der Waals surface area contributed by atoms with Gasteiger partial charge in [-0.25, -0.2) is 9.78 Å². The number of carbonyl (C=O) groups excluding carboxylic acids is 1. The predicted molar refractivity (Wildman–Crippen MR) is 94.1 cm³/mol. The Morgan fingerprint density at radius 3 is 2.74 bits per heavy atom. The molecule has 3 rings (SSSR count). The molecule has 1 heterocycles. The second kappa shape index (κ2) is 6.79. The number of nitrogens with one attached hydrogen (secondary N) is 1. The fraction of sp³-hybridized carbons (Fsp3) is 0.222. The van der Waals surface area contributed by atoms with Crippen LogP contribution in [0.15, 0.2) is 42.5 Å². The Bertz CT molecular complexity index is 825. The Morgan fingerprint density at radius 2 is 2.00 bits per heavy atom. The van der Waals surface area contributed by atoms with Gasteiger partial charge in [0.2, 0.25) is 0 Å². The van der Waals surface area contributed by atoms with Gasteiger partial charge in [0.25, 0.3) is 0 Å². The summed E-state index contributed by atoms with van der Waals surface area (Å²) in [6.07, 6.45) is 0. The van der Waals surface area contributed by atoms with Crippen molar-refractivity contribution in [1.82, 2.24) is 4.98 Å². The van der Waals surface area contributed by atoms with E-state index in [-0.39, 0.29) is 5.97 Å². The summed E-state index contributed by atoms with van der Waals surface area (Å²) in [6, 6.07) is 13.9. The van der Waals surface area contributed by atoms with Crippen LogP contribution in [-0.2, 0) is 11.3 Å². The number of rotatable bonds is 5.